The number of nitrogens with zero attached hydrogens (tertiary/aromatic N) is 2. The molecule has 0 aromatic carbocycles. The lowest BCUT2D eigenvalue weighted by molar-refractivity contribution is 0.0903. The van der Waals surface area contributed by atoms with Gasteiger partial charge in [0.1, 0.15) is 5.69 Å². The van der Waals surface area contributed by atoms with Crippen molar-refractivity contribution in [3.05, 3.63) is 24.0 Å². The van der Waals surface area contributed by atoms with E-state index in [-0.39, 0.29) is 18.6 Å². The normalized spacial score (nSPS) is 12.3. The fourth-order valence-corrected chi connectivity index (χ4v) is 1.83. The number of carbonyl (C=O) groups is 1. The maximum Gasteiger partial charge on any atom is 0.270 e. The molecule has 0 spiro atoms. The van der Waals surface area contributed by atoms with Crippen LogP contribution >= 0.6 is 0 Å². The van der Waals surface area contributed by atoms with Crippen molar-refractivity contribution in [2.75, 3.05) is 25.6 Å². The van der Waals surface area contributed by atoms with Gasteiger partial charge in [0, 0.05) is 26.0 Å². The first kappa shape index (κ1) is 15.4. The van der Waals surface area contributed by atoms with E-state index in [9.17, 15) is 9.90 Å². The first-order valence-corrected chi connectivity index (χ1v) is 6.49. The van der Waals surface area contributed by atoms with E-state index in [1.165, 1.54) is 0 Å². The van der Waals surface area contributed by atoms with Crippen LogP contribution < -0.4 is 10.2 Å². The molecule has 0 bridgehead atoms. The Morgan fingerprint density at radius 2 is 2.16 bits per heavy atom. The smallest absolute Gasteiger partial charge is 0.270 e. The molecule has 0 aliphatic rings. The third kappa shape index (κ3) is 4.87. The second kappa shape index (κ2) is 7.09. The average Bonchev–Trinajstić information content (AvgIpc) is 2.37. The lowest BCUT2D eigenvalue weighted by Crippen LogP contribution is -2.38. The van der Waals surface area contributed by atoms with Crippen molar-refractivity contribution in [3.8, 4) is 0 Å². The van der Waals surface area contributed by atoms with Gasteiger partial charge in [-0.15, -0.1) is 0 Å². The van der Waals surface area contributed by atoms with E-state index >= 15 is 0 Å². The molecule has 106 valence electrons. The summed E-state index contributed by atoms with van der Waals surface area (Å²) in [6.07, 6.45) is 2.36. The molecule has 19 heavy (non-hydrogen) atoms. The van der Waals surface area contributed by atoms with E-state index in [0.29, 0.717) is 11.6 Å². The van der Waals surface area contributed by atoms with Crippen LogP contribution in [-0.4, -0.2) is 42.7 Å². The third-order valence-corrected chi connectivity index (χ3v) is 2.80. The van der Waals surface area contributed by atoms with Crippen molar-refractivity contribution in [3.63, 3.8) is 0 Å². The number of aliphatic hydroxyl groups is 1. The molecule has 1 heterocycles. The molecule has 0 fully saturated rings. The minimum atomic E-state index is -0.247. The molecule has 0 aliphatic heterocycles. The van der Waals surface area contributed by atoms with Crippen LogP contribution in [0.2, 0.25) is 0 Å². The van der Waals surface area contributed by atoms with Crippen molar-refractivity contribution in [1.82, 2.24) is 10.3 Å². The molecule has 5 nitrogen and oxygen atoms in total. The molecule has 1 rings (SSSR count). The summed E-state index contributed by atoms with van der Waals surface area (Å²) in [6.45, 7) is 4.05. The standard InChI is InChI=1S/C14H23N3O2/c1-10(2)7-11(9-18)16-14(19)13-8-12(17(3)4)5-6-15-13/h5-6,8,10-11,18H,7,9H2,1-4H3,(H,16,19). The Bertz CT molecular complexity index is 419. The number of rotatable bonds is 6. The maximum absolute atomic E-state index is 12.1. The van der Waals surface area contributed by atoms with Gasteiger partial charge in [0.15, 0.2) is 0 Å². The van der Waals surface area contributed by atoms with Gasteiger partial charge in [-0.05, 0) is 24.5 Å². The Morgan fingerprint density at radius 3 is 2.68 bits per heavy atom. The lowest BCUT2D eigenvalue weighted by atomic mass is 10.0. The zero-order valence-corrected chi connectivity index (χ0v) is 12.1. The number of pyridine rings is 1. The van der Waals surface area contributed by atoms with Crippen LogP contribution in [0.4, 0.5) is 5.69 Å². The van der Waals surface area contributed by atoms with Gasteiger partial charge < -0.3 is 15.3 Å². The molecule has 5 heteroatoms. The largest absolute Gasteiger partial charge is 0.394 e. The topological polar surface area (TPSA) is 65.5 Å². The Morgan fingerprint density at radius 1 is 1.47 bits per heavy atom. The number of hydrogen-bond donors (Lipinski definition) is 2. The molecular weight excluding hydrogens is 242 g/mol. The number of anilines is 1. The van der Waals surface area contributed by atoms with Gasteiger partial charge in [-0.25, -0.2) is 0 Å². The summed E-state index contributed by atoms with van der Waals surface area (Å²) in [6, 6.07) is 3.35. The van der Waals surface area contributed by atoms with Crippen molar-refractivity contribution >= 4 is 11.6 Å². The number of nitrogens with one attached hydrogen (secondary N) is 1. The van der Waals surface area contributed by atoms with E-state index in [4.69, 9.17) is 0 Å². The van der Waals surface area contributed by atoms with E-state index in [1.807, 2.05) is 25.1 Å². The van der Waals surface area contributed by atoms with Gasteiger partial charge in [-0.3, -0.25) is 9.78 Å². The molecular formula is C14H23N3O2. The Labute approximate surface area is 114 Å². The van der Waals surface area contributed by atoms with E-state index in [1.54, 1.807) is 12.3 Å². The summed E-state index contributed by atoms with van der Waals surface area (Å²) in [5, 5.41) is 12.1. The van der Waals surface area contributed by atoms with Crippen molar-refractivity contribution < 1.29 is 9.90 Å². The lowest BCUT2D eigenvalue weighted by Gasteiger charge is -2.18. The predicted molar refractivity (Wildman–Crippen MR) is 76.4 cm³/mol. The van der Waals surface area contributed by atoms with Crippen LogP contribution in [-0.2, 0) is 0 Å². The van der Waals surface area contributed by atoms with Crippen LogP contribution in [0.1, 0.15) is 30.8 Å². The minimum Gasteiger partial charge on any atom is -0.394 e. The zero-order valence-electron chi connectivity index (χ0n) is 12.1. The highest BCUT2D eigenvalue weighted by atomic mass is 16.3. The molecule has 1 atom stereocenters. The first-order valence-electron chi connectivity index (χ1n) is 6.49. The highest BCUT2D eigenvalue weighted by molar-refractivity contribution is 5.93. The van der Waals surface area contributed by atoms with Crippen molar-refractivity contribution in [2.45, 2.75) is 26.3 Å². The monoisotopic (exact) mass is 265 g/mol. The summed E-state index contributed by atoms with van der Waals surface area (Å²) < 4.78 is 0. The minimum absolute atomic E-state index is 0.0582. The second-order valence-corrected chi connectivity index (χ2v) is 5.28. The molecule has 1 aromatic heterocycles. The highest BCUT2D eigenvalue weighted by Gasteiger charge is 2.15. The van der Waals surface area contributed by atoms with Crippen LogP contribution in [0.15, 0.2) is 18.3 Å². The number of carbonyl (C=O) groups excluding carboxylic acids is 1. The summed E-state index contributed by atoms with van der Waals surface area (Å²) >= 11 is 0. The first-order chi connectivity index (χ1) is 8.93. The number of aromatic nitrogens is 1. The van der Waals surface area contributed by atoms with Gasteiger partial charge in [0.25, 0.3) is 5.91 Å². The van der Waals surface area contributed by atoms with Gasteiger partial charge in [0.05, 0.1) is 12.6 Å². The van der Waals surface area contributed by atoms with E-state index in [0.717, 1.165) is 12.1 Å². The Hall–Kier alpha value is -1.62. The van der Waals surface area contributed by atoms with Crippen LogP contribution in [0.3, 0.4) is 0 Å². The molecule has 1 amide bonds. The molecule has 0 radical (unpaired) electrons. The fourth-order valence-electron chi connectivity index (χ4n) is 1.83. The van der Waals surface area contributed by atoms with E-state index < -0.39 is 0 Å². The summed E-state index contributed by atoms with van der Waals surface area (Å²) in [5.41, 5.74) is 1.29. The van der Waals surface area contributed by atoms with Crippen LogP contribution in [0.25, 0.3) is 0 Å². The SMILES string of the molecule is CC(C)CC(CO)NC(=O)c1cc(N(C)C)ccn1. The Balaban J connectivity index is 2.74. The number of aliphatic hydroxyl groups excluding tert-OH is 1. The third-order valence-electron chi connectivity index (χ3n) is 2.80. The van der Waals surface area contributed by atoms with Gasteiger partial charge >= 0.3 is 0 Å². The maximum atomic E-state index is 12.1. The summed E-state index contributed by atoms with van der Waals surface area (Å²) in [7, 11) is 3.82. The zero-order chi connectivity index (χ0) is 14.4. The number of amides is 1. The van der Waals surface area contributed by atoms with Crippen LogP contribution in [0.5, 0.6) is 0 Å². The number of hydrogen-bond acceptors (Lipinski definition) is 4. The van der Waals surface area contributed by atoms with Crippen LogP contribution in [0, 0.1) is 5.92 Å². The second-order valence-electron chi connectivity index (χ2n) is 5.28. The fraction of sp³-hybridized carbons (Fsp3) is 0.571. The van der Waals surface area contributed by atoms with E-state index in [2.05, 4.69) is 24.1 Å². The molecule has 0 aliphatic carbocycles. The summed E-state index contributed by atoms with van der Waals surface area (Å²) in [4.78, 5) is 18.0. The van der Waals surface area contributed by atoms with Gasteiger partial charge in [-0.1, -0.05) is 13.8 Å². The quantitative estimate of drug-likeness (QED) is 0.813. The molecule has 2 N–H and O–H groups in total. The van der Waals surface area contributed by atoms with Crippen molar-refractivity contribution in [2.24, 2.45) is 5.92 Å². The molecule has 1 aromatic rings. The average molecular weight is 265 g/mol. The predicted octanol–water partition coefficient (Wildman–Crippen LogP) is 1.28. The molecule has 1 unspecified atom stereocenters. The Kier molecular flexibility index (Phi) is 5.76. The molecule has 0 saturated heterocycles. The van der Waals surface area contributed by atoms with Crippen molar-refractivity contribution in [1.29, 1.82) is 0 Å². The molecule has 0 saturated carbocycles. The van der Waals surface area contributed by atoms with Gasteiger partial charge in [0.2, 0.25) is 0 Å². The van der Waals surface area contributed by atoms with Gasteiger partial charge in [-0.2, -0.15) is 0 Å². The highest BCUT2D eigenvalue weighted by Crippen LogP contribution is 2.11. The summed E-state index contributed by atoms with van der Waals surface area (Å²) in [5.74, 6) is 0.168.